The molecule has 2 aliphatic rings. The first-order valence-electron chi connectivity index (χ1n) is 8.35. The van der Waals surface area contributed by atoms with Crippen LogP contribution >= 0.6 is 0 Å². The zero-order chi connectivity index (χ0) is 14.7. The van der Waals surface area contributed by atoms with E-state index in [2.05, 4.69) is 36.1 Å². The average Bonchev–Trinajstić information content (AvgIpc) is 3.01. The molecule has 116 valence electrons. The molecule has 21 heavy (non-hydrogen) atoms. The molecule has 0 amide bonds. The number of hydrogen-bond acceptors (Lipinski definition) is 3. The summed E-state index contributed by atoms with van der Waals surface area (Å²) < 4.78 is 5.54. The van der Waals surface area contributed by atoms with Crippen molar-refractivity contribution in [2.45, 2.75) is 50.6 Å². The smallest absolute Gasteiger partial charge is 0.0594 e. The lowest BCUT2D eigenvalue weighted by atomic mass is 9.82. The van der Waals surface area contributed by atoms with Crippen molar-refractivity contribution in [2.75, 3.05) is 26.3 Å². The largest absolute Gasteiger partial charge is 0.379 e. The number of ether oxygens (including phenoxy) is 1. The third kappa shape index (κ3) is 3.01. The molecule has 1 aromatic rings. The molecule has 1 aliphatic carbocycles. The molecule has 1 saturated carbocycles. The number of morpholine rings is 1. The van der Waals surface area contributed by atoms with E-state index in [9.17, 15) is 0 Å². The highest BCUT2D eigenvalue weighted by Crippen LogP contribution is 2.39. The Bertz CT molecular complexity index is 462. The van der Waals surface area contributed by atoms with Crippen LogP contribution in [0.25, 0.3) is 0 Å². The van der Waals surface area contributed by atoms with Crippen LogP contribution < -0.4 is 5.73 Å². The molecule has 0 spiro atoms. The van der Waals surface area contributed by atoms with Crippen LogP contribution in [0.5, 0.6) is 0 Å². The second-order valence-corrected chi connectivity index (χ2v) is 6.65. The van der Waals surface area contributed by atoms with Crippen molar-refractivity contribution in [1.29, 1.82) is 0 Å². The fraction of sp³-hybridized carbons (Fsp3) is 0.667. The zero-order valence-corrected chi connectivity index (χ0v) is 13.2. The Balaban J connectivity index is 1.78. The van der Waals surface area contributed by atoms with Crippen LogP contribution in [-0.2, 0) is 11.2 Å². The van der Waals surface area contributed by atoms with E-state index in [0.29, 0.717) is 0 Å². The summed E-state index contributed by atoms with van der Waals surface area (Å²) >= 11 is 0. The van der Waals surface area contributed by atoms with E-state index in [4.69, 9.17) is 10.5 Å². The summed E-state index contributed by atoms with van der Waals surface area (Å²) in [6.07, 6.45) is 6.13. The van der Waals surface area contributed by atoms with Crippen molar-refractivity contribution in [2.24, 2.45) is 5.73 Å². The fourth-order valence-electron chi connectivity index (χ4n) is 4.18. The molecule has 3 rings (SSSR count). The van der Waals surface area contributed by atoms with E-state index < -0.39 is 0 Å². The Labute approximate surface area is 128 Å². The van der Waals surface area contributed by atoms with Gasteiger partial charge in [0.25, 0.3) is 0 Å². The second-order valence-electron chi connectivity index (χ2n) is 6.65. The molecule has 1 heterocycles. The molecule has 2 N–H and O–H groups in total. The first kappa shape index (κ1) is 15.0. The van der Waals surface area contributed by atoms with Gasteiger partial charge in [-0.15, -0.1) is 0 Å². The van der Waals surface area contributed by atoms with Gasteiger partial charge in [0.15, 0.2) is 0 Å². The number of nitrogens with two attached hydrogens (primary N) is 1. The van der Waals surface area contributed by atoms with Gasteiger partial charge in [0.2, 0.25) is 0 Å². The Morgan fingerprint density at radius 3 is 2.52 bits per heavy atom. The minimum Gasteiger partial charge on any atom is -0.379 e. The van der Waals surface area contributed by atoms with Crippen molar-refractivity contribution in [3.05, 3.63) is 35.4 Å². The van der Waals surface area contributed by atoms with Crippen molar-refractivity contribution < 1.29 is 4.74 Å². The van der Waals surface area contributed by atoms with Crippen molar-refractivity contribution in [1.82, 2.24) is 4.90 Å². The van der Waals surface area contributed by atoms with E-state index in [1.165, 1.54) is 36.8 Å². The molecular weight excluding hydrogens is 260 g/mol. The van der Waals surface area contributed by atoms with E-state index in [0.717, 1.165) is 32.7 Å². The molecule has 1 aromatic carbocycles. The lowest BCUT2D eigenvalue weighted by Crippen LogP contribution is -2.61. The van der Waals surface area contributed by atoms with Gasteiger partial charge in [-0.3, -0.25) is 4.90 Å². The Kier molecular flexibility index (Phi) is 4.63. The van der Waals surface area contributed by atoms with Crippen LogP contribution in [0.4, 0.5) is 0 Å². The van der Waals surface area contributed by atoms with Crippen LogP contribution in [0, 0.1) is 6.92 Å². The van der Waals surface area contributed by atoms with Crippen molar-refractivity contribution >= 4 is 0 Å². The predicted molar refractivity (Wildman–Crippen MR) is 86.4 cm³/mol. The molecule has 2 fully saturated rings. The van der Waals surface area contributed by atoms with Crippen LogP contribution in [-0.4, -0.2) is 42.8 Å². The SMILES string of the molecule is Cc1ccccc1CC(N)C1(N2CCOCC2)CCCC1. The molecule has 0 bridgehead atoms. The summed E-state index contributed by atoms with van der Waals surface area (Å²) in [5.41, 5.74) is 9.73. The van der Waals surface area contributed by atoms with Crippen LogP contribution in [0.1, 0.15) is 36.8 Å². The molecule has 3 nitrogen and oxygen atoms in total. The normalized spacial score (nSPS) is 24.1. The van der Waals surface area contributed by atoms with Gasteiger partial charge >= 0.3 is 0 Å². The standard InChI is InChI=1S/C18H28N2O/c1-15-6-2-3-7-16(15)14-17(19)18(8-4-5-9-18)20-10-12-21-13-11-20/h2-3,6-7,17H,4-5,8-14,19H2,1H3. The number of rotatable bonds is 4. The molecule has 0 aromatic heterocycles. The van der Waals surface area contributed by atoms with Gasteiger partial charge in [0, 0.05) is 24.7 Å². The first-order chi connectivity index (χ1) is 10.2. The Morgan fingerprint density at radius 1 is 1.19 bits per heavy atom. The maximum atomic E-state index is 6.76. The third-order valence-corrected chi connectivity index (χ3v) is 5.50. The predicted octanol–water partition coefficient (Wildman–Crippen LogP) is 2.51. The highest BCUT2D eigenvalue weighted by molar-refractivity contribution is 5.27. The summed E-state index contributed by atoms with van der Waals surface area (Å²) in [6, 6.07) is 8.89. The fourth-order valence-corrected chi connectivity index (χ4v) is 4.18. The molecule has 0 radical (unpaired) electrons. The van der Waals surface area contributed by atoms with Crippen molar-refractivity contribution in [3.63, 3.8) is 0 Å². The van der Waals surface area contributed by atoms with Gasteiger partial charge in [-0.05, 0) is 37.3 Å². The van der Waals surface area contributed by atoms with Gasteiger partial charge < -0.3 is 10.5 Å². The number of nitrogens with zero attached hydrogens (tertiary/aromatic N) is 1. The zero-order valence-electron chi connectivity index (χ0n) is 13.2. The lowest BCUT2D eigenvalue weighted by Gasteiger charge is -2.47. The van der Waals surface area contributed by atoms with Crippen LogP contribution in [0.2, 0.25) is 0 Å². The van der Waals surface area contributed by atoms with E-state index in [1.54, 1.807) is 0 Å². The van der Waals surface area contributed by atoms with Gasteiger partial charge in [-0.1, -0.05) is 37.1 Å². The summed E-state index contributed by atoms with van der Waals surface area (Å²) in [4.78, 5) is 2.63. The van der Waals surface area contributed by atoms with Crippen LogP contribution in [0.3, 0.4) is 0 Å². The van der Waals surface area contributed by atoms with Gasteiger partial charge in [0.1, 0.15) is 0 Å². The minimum atomic E-state index is 0.200. The molecule has 1 aliphatic heterocycles. The molecule has 1 atom stereocenters. The van der Waals surface area contributed by atoms with Gasteiger partial charge in [-0.25, -0.2) is 0 Å². The van der Waals surface area contributed by atoms with E-state index in [1.807, 2.05) is 0 Å². The maximum absolute atomic E-state index is 6.76. The molecular formula is C18H28N2O. The van der Waals surface area contributed by atoms with E-state index in [-0.39, 0.29) is 11.6 Å². The summed E-state index contributed by atoms with van der Waals surface area (Å²) in [5.74, 6) is 0. The monoisotopic (exact) mass is 288 g/mol. The second kappa shape index (κ2) is 6.47. The minimum absolute atomic E-state index is 0.200. The third-order valence-electron chi connectivity index (χ3n) is 5.50. The van der Waals surface area contributed by atoms with Gasteiger partial charge in [-0.2, -0.15) is 0 Å². The Hall–Kier alpha value is -0.900. The average molecular weight is 288 g/mol. The maximum Gasteiger partial charge on any atom is 0.0594 e. The number of benzene rings is 1. The quantitative estimate of drug-likeness (QED) is 0.925. The summed E-state index contributed by atoms with van der Waals surface area (Å²) in [6.45, 7) is 6.00. The summed E-state index contributed by atoms with van der Waals surface area (Å²) in [7, 11) is 0. The highest BCUT2D eigenvalue weighted by atomic mass is 16.5. The van der Waals surface area contributed by atoms with E-state index >= 15 is 0 Å². The number of hydrogen-bond donors (Lipinski definition) is 1. The van der Waals surface area contributed by atoms with Gasteiger partial charge in [0.05, 0.1) is 13.2 Å². The lowest BCUT2D eigenvalue weighted by molar-refractivity contribution is -0.0306. The molecule has 1 saturated heterocycles. The highest BCUT2D eigenvalue weighted by Gasteiger charge is 2.44. The topological polar surface area (TPSA) is 38.5 Å². The Morgan fingerprint density at radius 2 is 1.86 bits per heavy atom. The first-order valence-corrected chi connectivity index (χ1v) is 8.35. The molecule has 3 heteroatoms. The summed E-state index contributed by atoms with van der Waals surface area (Å²) in [5, 5.41) is 0. The van der Waals surface area contributed by atoms with Crippen molar-refractivity contribution in [3.8, 4) is 0 Å². The molecule has 1 unspecified atom stereocenters. The van der Waals surface area contributed by atoms with Crippen LogP contribution in [0.15, 0.2) is 24.3 Å². The number of aryl methyl sites for hydroxylation is 1.